The summed E-state index contributed by atoms with van der Waals surface area (Å²) in [6, 6.07) is 0.401. The van der Waals surface area contributed by atoms with Crippen molar-refractivity contribution in [3.05, 3.63) is 12.4 Å². The maximum absolute atomic E-state index is 9.01. The van der Waals surface area contributed by atoms with Crippen molar-refractivity contribution >= 4 is 12.6 Å². The van der Waals surface area contributed by atoms with Gasteiger partial charge in [0, 0.05) is 24.4 Å². The van der Waals surface area contributed by atoms with Gasteiger partial charge in [-0.1, -0.05) is 0 Å². The Hall–Kier alpha value is -1.22. The van der Waals surface area contributed by atoms with E-state index in [0.29, 0.717) is 12.6 Å². The zero-order chi connectivity index (χ0) is 20.2. The average molecular weight is 391 g/mol. The maximum Gasteiger partial charge on any atom is 0.498 e. The number of ether oxygens (including phenoxy) is 1. The molecule has 1 aromatic rings. The number of aliphatic hydroxyl groups is 1. The summed E-state index contributed by atoms with van der Waals surface area (Å²) >= 11 is 0. The molecule has 2 aliphatic rings. The third kappa shape index (κ3) is 5.23. The molecule has 8 heteroatoms. The first-order chi connectivity index (χ1) is 13.3. The number of β-amino-alcohol motifs (C(OH)–C–C–N with tert-alkyl or cyclic N) is 1. The molecule has 0 amide bonds. The lowest BCUT2D eigenvalue weighted by Gasteiger charge is -2.32. The van der Waals surface area contributed by atoms with Crippen LogP contribution < -0.4 is 10.2 Å². The molecule has 3 heterocycles. The smallest absolute Gasteiger partial charge is 0.463 e. The molecule has 0 unspecified atom stereocenters. The lowest BCUT2D eigenvalue weighted by atomic mass is 9.81. The molecule has 1 aromatic heterocycles. The van der Waals surface area contributed by atoms with Crippen molar-refractivity contribution in [2.75, 3.05) is 32.8 Å². The normalized spacial score (nSPS) is 22.5. The predicted molar refractivity (Wildman–Crippen MR) is 109 cm³/mol. The van der Waals surface area contributed by atoms with E-state index < -0.39 is 7.12 Å². The fourth-order valence-electron chi connectivity index (χ4n) is 3.68. The monoisotopic (exact) mass is 391 g/mol. The molecule has 7 nitrogen and oxygen atoms in total. The molecule has 1 N–H and O–H groups in total. The lowest BCUT2D eigenvalue weighted by molar-refractivity contribution is 0.00578. The molecule has 0 atom stereocenters. The summed E-state index contributed by atoms with van der Waals surface area (Å²) in [5, 5.41) is 9.01. The first kappa shape index (κ1) is 21.5. The highest BCUT2D eigenvalue weighted by Crippen LogP contribution is 2.36. The number of nitrogens with zero attached hydrogens (tertiary/aromatic N) is 3. The van der Waals surface area contributed by atoms with Crippen molar-refractivity contribution in [2.45, 2.75) is 64.6 Å². The van der Waals surface area contributed by atoms with Crippen LogP contribution in [0.15, 0.2) is 12.4 Å². The summed E-state index contributed by atoms with van der Waals surface area (Å²) in [5.41, 5.74) is 0.0583. The van der Waals surface area contributed by atoms with Crippen molar-refractivity contribution in [3.8, 4) is 6.01 Å². The Labute approximate surface area is 168 Å². The largest absolute Gasteiger partial charge is 0.498 e. The van der Waals surface area contributed by atoms with Crippen LogP contribution in [-0.2, 0) is 9.31 Å². The van der Waals surface area contributed by atoms with E-state index in [1.165, 1.54) is 19.3 Å². The molecular formula is C20H34BN3O4. The molecular weight excluding hydrogens is 357 g/mol. The minimum Gasteiger partial charge on any atom is -0.463 e. The Bertz CT molecular complexity index is 602. The van der Waals surface area contributed by atoms with Gasteiger partial charge in [0.15, 0.2) is 0 Å². The van der Waals surface area contributed by atoms with Crippen LogP contribution in [0.1, 0.15) is 53.4 Å². The Morgan fingerprint density at radius 3 is 2.32 bits per heavy atom. The van der Waals surface area contributed by atoms with Gasteiger partial charge in [-0.25, -0.2) is 9.97 Å². The highest BCUT2D eigenvalue weighted by atomic mass is 16.7. The van der Waals surface area contributed by atoms with Gasteiger partial charge < -0.3 is 24.1 Å². The van der Waals surface area contributed by atoms with Gasteiger partial charge in [0.1, 0.15) is 0 Å². The van der Waals surface area contributed by atoms with E-state index in [1.807, 2.05) is 27.7 Å². The predicted octanol–water partition coefficient (Wildman–Crippen LogP) is 1.64. The molecule has 0 saturated carbocycles. The van der Waals surface area contributed by atoms with Crippen LogP contribution in [0.4, 0.5) is 0 Å². The summed E-state index contributed by atoms with van der Waals surface area (Å²) in [6.45, 7) is 12.0. The number of likely N-dealkylation sites (tertiary alicyclic amines) is 1. The summed E-state index contributed by atoms with van der Waals surface area (Å²) in [4.78, 5) is 11.0. The zero-order valence-corrected chi connectivity index (χ0v) is 17.7. The van der Waals surface area contributed by atoms with E-state index in [0.717, 1.165) is 37.4 Å². The third-order valence-corrected chi connectivity index (χ3v) is 6.28. The molecule has 2 saturated heterocycles. The number of hydrogen-bond acceptors (Lipinski definition) is 7. The molecule has 3 rings (SSSR count). The van der Waals surface area contributed by atoms with Crippen molar-refractivity contribution in [3.63, 3.8) is 0 Å². The Kier molecular flexibility index (Phi) is 6.96. The Morgan fingerprint density at radius 1 is 1.14 bits per heavy atom. The van der Waals surface area contributed by atoms with E-state index in [-0.39, 0.29) is 17.8 Å². The highest BCUT2D eigenvalue weighted by molar-refractivity contribution is 6.61. The van der Waals surface area contributed by atoms with E-state index in [4.69, 9.17) is 19.2 Å². The van der Waals surface area contributed by atoms with Gasteiger partial charge in [-0.15, -0.1) is 0 Å². The first-order valence-electron chi connectivity index (χ1n) is 10.4. The number of rotatable bonds is 8. The zero-order valence-electron chi connectivity index (χ0n) is 17.7. The second kappa shape index (κ2) is 9.07. The molecule has 0 radical (unpaired) electrons. The molecule has 0 spiro atoms. The number of aromatic nitrogens is 2. The Morgan fingerprint density at radius 2 is 1.75 bits per heavy atom. The van der Waals surface area contributed by atoms with Crippen molar-refractivity contribution in [1.82, 2.24) is 14.9 Å². The minimum absolute atomic E-state index is 0.256. The van der Waals surface area contributed by atoms with Crippen LogP contribution >= 0.6 is 0 Å². The summed E-state index contributed by atoms with van der Waals surface area (Å²) < 4.78 is 17.7. The molecule has 156 valence electrons. The quantitative estimate of drug-likeness (QED) is 0.533. The van der Waals surface area contributed by atoms with Crippen molar-refractivity contribution < 1.29 is 19.2 Å². The van der Waals surface area contributed by atoms with E-state index >= 15 is 0 Å². The number of aliphatic hydroxyl groups excluding tert-OH is 1. The minimum atomic E-state index is -0.448. The Balaban J connectivity index is 1.38. The van der Waals surface area contributed by atoms with Gasteiger partial charge in [0.05, 0.1) is 24.4 Å². The second-order valence-electron chi connectivity index (χ2n) is 8.89. The van der Waals surface area contributed by atoms with Crippen LogP contribution in [0.5, 0.6) is 6.01 Å². The molecule has 28 heavy (non-hydrogen) atoms. The van der Waals surface area contributed by atoms with Gasteiger partial charge in [0.2, 0.25) is 0 Å². The topological polar surface area (TPSA) is 76.9 Å². The fraction of sp³-hybridized carbons (Fsp3) is 0.800. The third-order valence-electron chi connectivity index (χ3n) is 6.28. The summed E-state index contributed by atoms with van der Waals surface area (Å²) in [7, 11) is -0.448. The molecule has 0 aliphatic carbocycles. The number of hydrogen-bond donors (Lipinski definition) is 1. The standard InChI is InChI=1S/C20H34BN3O4/c1-19(2)20(3,4)28-21(27-19)17-14-22-18(23-15-17)26-13-5-6-16-7-9-24(10-8-16)11-12-25/h14-16,25H,5-13H2,1-4H3. The second-order valence-corrected chi connectivity index (χ2v) is 8.89. The summed E-state index contributed by atoms with van der Waals surface area (Å²) in [5.74, 6) is 0.755. The molecule has 0 bridgehead atoms. The SMILES string of the molecule is CC1(C)OB(c2cnc(OCCCC3CCN(CCO)CC3)nc2)OC1(C)C. The molecule has 2 fully saturated rings. The van der Waals surface area contributed by atoms with Crippen LogP contribution in [0.25, 0.3) is 0 Å². The number of piperidine rings is 1. The first-order valence-corrected chi connectivity index (χ1v) is 10.4. The van der Waals surface area contributed by atoms with Crippen molar-refractivity contribution in [1.29, 1.82) is 0 Å². The van der Waals surface area contributed by atoms with Gasteiger partial charge in [-0.2, -0.15) is 0 Å². The van der Waals surface area contributed by atoms with E-state index in [1.54, 1.807) is 12.4 Å². The van der Waals surface area contributed by atoms with Gasteiger partial charge in [-0.05, 0) is 72.4 Å². The lowest BCUT2D eigenvalue weighted by Crippen LogP contribution is -2.41. The van der Waals surface area contributed by atoms with Gasteiger partial charge >= 0.3 is 13.1 Å². The molecule has 2 aliphatic heterocycles. The fourth-order valence-corrected chi connectivity index (χ4v) is 3.68. The van der Waals surface area contributed by atoms with Gasteiger partial charge in [0.25, 0.3) is 0 Å². The average Bonchev–Trinajstić information content (AvgIpc) is 2.88. The summed E-state index contributed by atoms with van der Waals surface area (Å²) in [6.07, 6.45) is 8.03. The van der Waals surface area contributed by atoms with Gasteiger partial charge in [-0.3, -0.25) is 0 Å². The van der Waals surface area contributed by atoms with E-state index in [2.05, 4.69) is 14.9 Å². The van der Waals surface area contributed by atoms with Crippen LogP contribution in [0.3, 0.4) is 0 Å². The van der Waals surface area contributed by atoms with Crippen LogP contribution in [-0.4, -0.2) is 71.1 Å². The van der Waals surface area contributed by atoms with Crippen LogP contribution in [0, 0.1) is 5.92 Å². The van der Waals surface area contributed by atoms with Crippen LogP contribution in [0.2, 0.25) is 0 Å². The maximum atomic E-state index is 9.01. The molecule has 0 aromatic carbocycles. The van der Waals surface area contributed by atoms with E-state index in [9.17, 15) is 0 Å². The highest BCUT2D eigenvalue weighted by Gasteiger charge is 2.51. The van der Waals surface area contributed by atoms with Crippen molar-refractivity contribution in [2.24, 2.45) is 5.92 Å².